The van der Waals surface area contributed by atoms with Gasteiger partial charge >= 0.3 is 0 Å². The first-order valence-electron chi connectivity index (χ1n) is 7.31. The highest BCUT2D eigenvalue weighted by Crippen LogP contribution is 2.38. The van der Waals surface area contributed by atoms with Gasteiger partial charge in [-0.15, -0.1) is 0 Å². The highest BCUT2D eigenvalue weighted by Gasteiger charge is 2.44. The lowest BCUT2D eigenvalue weighted by atomic mass is 9.68. The zero-order chi connectivity index (χ0) is 16.5. The normalized spacial score (nSPS) is 19.8. The van der Waals surface area contributed by atoms with Gasteiger partial charge in [-0.2, -0.15) is 0 Å². The van der Waals surface area contributed by atoms with Crippen LogP contribution in [-0.4, -0.2) is 22.6 Å². The second kappa shape index (κ2) is 5.91. The second-order valence-corrected chi connectivity index (χ2v) is 6.70. The Morgan fingerprint density at radius 2 is 1.68 bits per heavy atom. The molecular weight excluding hydrogens is 282 g/mol. The molecule has 0 saturated heterocycles. The predicted octanol–water partition coefficient (Wildman–Crippen LogP) is 2.14. The first-order valence-corrected chi connectivity index (χ1v) is 7.31. The number of phenolic OH excluding ortho intramolecular Hbond substituents is 1. The summed E-state index contributed by atoms with van der Waals surface area (Å²) in [5, 5.41) is 12.1. The number of ketones is 2. The maximum Gasteiger partial charge on any atom is 0.217 e. The topological polar surface area (TPSA) is 83.5 Å². The van der Waals surface area contributed by atoms with Crippen LogP contribution in [0.2, 0.25) is 0 Å². The Bertz CT molecular complexity index is 584. The van der Waals surface area contributed by atoms with Crippen LogP contribution < -0.4 is 5.32 Å². The molecule has 0 aromatic heterocycles. The van der Waals surface area contributed by atoms with Crippen molar-refractivity contribution < 1.29 is 19.5 Å². The minimum Gasteiger partial charge on any atom is -0.508 e. The summed E-state index contributed by atoms with van der Waals surface area (Å²) in [6, 6.07) is 5.51. The molecule has 5 nitrogen and oxygen atoms in total. The molecule has 118 valence electrons. The van der Waals surface area contributed by atoms with E-state index in [0.717, 1.165) is 0 Å². The predicted molar refractivity (Wildman–Crippen MR) is 81.2 cm³/mol. The summed E-state index contributed by atoms with van der Waals surface area (Å²) in [4.78, 5) is 36.4. The Morgan fingerprint density at radius 3 is 2.14 bits per heavy atom. The lowest BCUT2D eigenvalue weighted by molar-refractivity contribution is -0.141. The standard InChI is InChI=1S/C17H21NO4/c1-10(19)18-16(11-4-6-12(20)7-5-11)15-13(21)8-17(2,3)9-14(15)22/h4-7,15-16,20H,8-9H2,1-3H3,(H,18,19). The van der Waals surface area contributed by atoms with Gasteiger partial charge in [-0.1, -0.05) is 26.0 Å². The largest absolute Gasteiger partial charge is 0.508 e. The van der Waals surface area contributed by atoms with Crippen molar-refractivity contribution in [1.29, 1.82) is 0 Å². The van der Waals surface area contributed by atoms with Gasteiger partial charge in [-0.25, -0.2) is 0 Å². The molecule has 1 saturated carbocycles. The fourth-order valence-electron chi connectivity index (χ4n) is 3.04. The summed E-state index contributed by atoms with van der Waals surface area (Å²) in [7, 11) is 0. The molecule has 5 heteroatoms. The summed E-state index contributed by atoms with van der Waals surface area (Å²) in [5.74, 6) is -1.36. The van der Waals surface area contributed by atoms with Gasteiger partial charge in [-0.05, 0) is 23.1 Å². The maximum atomic E-state index is 12.5. The van der Waals surface area contributed by atoms with Gasteiger partial charge in [0.05, 0.1) is 6.04 Å². The first-order chi connectivity index (χ1) is 10.2. The van der Waals surface area contributed by atoms with Crippen molar-refractivity contribution in [3.05, 3.63) is 29.8 Å². The van der Waals surface area contributed by atoms with Crippen molar-refractivity contribution in [3.8, 4) is 5.75 Å². The van der Waals surface area contributed by atoms with Gasteiger partial charge < -0.3 is 10.4 Å². The van der Waals surface area contributed by atoms with Crippen LogP contribution >= 0.6 is 0 Å². The summed E-state index contributed by atoms with van der Waals surface area (Å²) >= 11 is 0. The van der Waals surface area contributed by atoms with Gasteiger partial charge in [0.2, 0.25) is 5.91 Å². The van der Waals surface area contributed by atoms with Gasteiger partial charge in [0, 0.05) is 19.8 Å². The van der Waals surface area contributed by atoms with E-state index < -0.39 is 12.0 Å². The van der Waals surface area contributed by atoms with Crippen LogP contribution in [0.3, 0.4) is 0 Å². The number of aromatic hydroxyl groups is 1. The molecule has 2 rings (SSSR count). The molecule has 22 heavy (non-hydrogen) atoms. The van der Waals surface area contributed by atoms with Gasteiger partial charge in [0.1, 0.15) is 23.2 Å². The van der Waals surface area contributed by atoms with E-state index in [9.17, 15) is 19.5 Å². The van der Waals surface area contributed by atoms with Crippen LogP contribution in [0.15, 0.2) is 24.3 Å². The average Bonchev–Trinajstić information content (AvgIpc) is 2.35. The van der Waals surface area contributed by atoms with Crippen molar-refractivity contribution in [1.82, 2.24) is 5.32 Å². The number of phenols is 1. The van der Waals surface area contributed by atoms with E-state index in [1.807, 2.05) is 13.8 Å². The van der Waals surface area contributed by atoms with E-state index in [2.05, 4.69) is 5.32 Å². The van der Waals surface area contributed by atoms with Crippen molar-refractivity contribution in [2.24, 2.45) is 11.3 Å². The molecule has 1 fully saturated rings. The average molecular weight is 303 g/mol. The van der Waals surface area contributed by atoms with Crippen molar-refractivity contribution in [2.75, 3.05) is 0 Å². The highest BCUT2D eigenvalue weighted by atomic mass is 16.3. The molecule has 1 aromatic carbocycles. The third-order valence-corrected chi connectivity index (χ3v) is 3.94. The van der Waals surface area contributed by atoms with Crippen LogP contribution in [0.5, 0.6) is 5.75 Å². The smallest absolute Gasteiger partial charge is 0.217 e. The molecule has 1 aliphatic carbocycles. The molecule has 0 spiro atoms. The number of hydrogen-bond donors (Lipinski definition) is 2. The third kappa shape index (κ3) is 3.53. The second-order valence-electron chi connectivity index (χ2n) is 6.70. The maximum absolute atomic E-state index is 12.5. The Labute approximate surface area is 129 Å². The molecule has 1 unspecified atom stereocenters. The molecule has 2 N–H and O–H groups in total. The zero-order valence-electron chi connectivity index (χ0n) is 13.1. The number of carbonyl (C=O) groups excluding carboxylic acids is 3. The summed E-state index contributed by atoms with van der Waals surface area (Å²) in [6.45, 7) is 5.15. The number of amides is 1. The van der Waals surface area contributed by atoms with Crippen LogP contribution in [0, 0.1) is 11.3 Å². The van der Waals surface area contributed by atoms with Crippen LogP contribution in [-0.2, 0) is 14.4 Å². The van der Waals surface area contributed by atoms with Gasteiger partial charge in [0.15, 0.2) is 0 Å². The van der Waals surface area contributed by atoms with Crippen LogP contribution in [0.1, 0.15) is 45.2 Å². The van der Waals surface area contributed by atoms with E-state index in [0.29, 0.717) is 18.4 Å². The number of nitrogens with one attached hydrogen (secondary N) is 1. The molecule has 1 amide bonds. The molecule has 0 aliphatic heterocycles. The zero-order valence-corrected chi connectivity index (χ0v) is 13.1. The third-order valence-electron chi connectivity index (χ3n) is 3.94. The van der Waals surface area contributed by atoms with Crippen molar-refractivity contribution >= 4 is 17.5 Å². The number of carbonyl (C=O) groups is 3. The molecule has 1 aliphatic rings. The number of hydrogen-bond acceptors (Lipinski definition) is 4. The van der Waals surface area contributed by atoms with Crippen molar-refractivity contribution in [2.45, 2.75) is 39.7 Å². The molecule has 0 heterocycles. The molecule has 0 radical (unpaired) electrons. The quantitative estimate of drug-likeness (QED) is 0.838. The van der Waals surface area contributed by atoms with Crippen LogP contribution in [0.4, 0.5) is 0 Å². The number of benzene rings is 1. The van der Waals surface area contributed by atoms with E-state index in [1.54, 1.807) is 12.1 Å². The number of rotatable bonds is 3. The molecule has 1 aromatic rings. The van der Waals surface area contributed by atoms with Gasteiger partial charge in [-0.3, -0.25) is 14.4 Å². The van der Waals surface area contributed by atoms with E-state index in [-0.39, 0.29) is 28.6 Å². The van der Waals surface area contributed by atoms with Gasteiger partial charge in [0.25, 0.3) is 0 Å². The molecule has 0 bridgehead atoms. The van der Waals surface area contributed by atoms with E-state index in [4.69, 9.17) is 0 Å². The SMILES string of the molecule is CC(=O)NC(c1ccc(O)cc1)C1C(=O)CC(C)(C)CC1=O. The summed E-state index contributed by atoms with van der Waals surface area (Å²) in [5.41, 5.74) is 0.305. The molecule has 1 atom stereocenters. The fourth-order valence-corrected chi connectivity index (χ4v) is 3.04. The fraction of sp³-hybridized carbons (Fsp3) is 0.471. The van der Waals surface area contributed by atoms with Crippen molar-refractivity contribution in [3.63, 3.8) is 0 Å². The van der Waals surface area contributed by atoms with E-state index in [1.165, 1.54) is 19.1 Å². The minimum atomic E-state index is -0.860. The minimum absolute atomic E-state index is 0.0905. The van der Waals surface area contributed by atoms with Crippen LogP contribution in [0.25, 0.3) is 0 Å². The Morgan fingerprint density at radius 1 is 1.18 bits per heavy atom. The first kappa shape index (κ1) is 16.2. The lowest BCUT2D eigenvalue weighted by Crippen LogP contribution is -2.45. The summed E-state index contributed by atoms with van der Waals surface area (Å²) in [6.07, 6.45) is 0.634. The summed E-state index contributed by atoms with van der Waals surface area (Å²) < 4.78 is 0. The van der Waals surface area contributed by atoms with E-state index >= 15 is 0 Å². The Balaban J connectivity index is 2.37. The Kier molecular flexibility index (Phi) is 4.35. The lowest BCUT2D eigenvalue weighted by Gasteiger charge is -2.36. The number of Topliss-reactive ketones (excluding diaryl/α,β-unsaturated/α-hetero) is 2. The highest BCUT2D eigenvalue weighted by molar-refractivity contribution is 6.06. The monoisotopic (exact) mass is 303 g/mol. The molecular formula is C17H21NO4. The Hall–Kier alpha value is -2.17.